The zero-order valence-electron chi connectivity index (χ0n) is 22.2. The number of rotatable bonds is 8. The van der Waals surface area contributed by atoms with Gasteiger partial charge in [-0.2, -0.15) is 5.26 Å². The van der Waals surface area contributed by atoms with E-state index in [0.29, 0.717) is 41.0 Å². The highest BCUT2D eigenvalue weighted by Gasteiger charge is 2.35. The van der Waals surface area contributed by atoms with E-state index in [1.807, 2.05) is 12.1 Å². The van der Waals surface area contributed by atoms with Gasteiger partial charge in [0, 0.05) is 36.9 Å². The third-order valence-corrected chi connectivity index (χ3v) is 7.65. The number of halogens is 2. The first-order valence-corrected chi connectivity index (χ1v) is 13.6. The van der Waals surface area contributed by atoms with E-state index in [0.717, 1.165) is 30.5 Å². The molecule has 41 heavy (non-hydrogen) atoms. The molecule has 5 rings (SSSR count). The molecule has 1 fully saturated rings. The van der Waals surface area contributed by atoms with Crippen LogP contribution >= 0.6 is 11.6 Å². The average molecular weight is 579 g/mol. The highest BCUT2D eigenvalue weighted by molar-refractivity contribution is 6.33. The number of nitrogens with one attached hydrogen (secondary N) is 2. The molecule has 0 spiro atoms. The minimum Gasteiger partial charge on any atom is -0.394 e. The molecule has 3 N–H and O–H groups in total. The summed E-state index contributed by atoms with van der Waals surface area (Å²) in [6.07, 6.45) is 3.21. The number of aliphatic hydroxyl groups excluding tert-OH is 1. The Hall–Kier alpha value is -4.11. The molecule has 2 atom stereocenters. The van der Waals surface area contributed by atoms with E-state index in [1.54, 1.807) is 19.1 Å². The molecule has 10 nitrogen and oxygen atoms in total. The minimum atomic E-state index is -1.02. The predicted octanol–water partition coefficient (Wildman–Crippen LogP) is 3.59. The molecule has 2 aromatic carbocycles. The summed E-state index contributed by atoms with van der Waals surface area (Å²) < 4.78 is 19.3. The molecule has 3 aromatic rings. The quantitative estimate of drug-likeness (QED) is 0.368. The first-order valence-electron chi connectivity index (χ1n) is 13.2. The predicted molar refractivity (Wildman–Crippen MR) is 148 cm³/mol. The largest absolute Gasteiger partial charge is 0.394 e. The van der Waals surface area contributed by atoms with Gasteiger partial charge >= 0.3 is 0 Å². The van der Waals surface area contributed by atoms with Gasteiger partial charge < -0.3 is 25.4 Å². The molecule has 0 aliphatic carbocycles. The molecule has 0 bridgehead atoms. The van der Waals surface area contributed by atoms with E-state index < -0.39 is 30.4 Å². The van der Waals surface area contributed by atoms with Gasteiger partial charge in [-0.05, 0) is 55.2 Å². The van der Waals surface area contributed by atoms with Crippen molar-refractivity contribution >= 4 is 29.4 Å². The Morgan fingerprint density at radius 1 is 1.29 bits per heavy atom. The Bertz CT molecular complexity index is 1520. The molecule has 0 radical (unpaired) electrons. The van der Waals surface area contributed by atoms with Crippen molar-refractivity contribution in [2.75, 3.05) is 25.1 Å². The Balaban J connectivity index is 1.32. The zero-order valence-corrected chi connectivity index (χ0v) is 23.0. The van der Waals surface area contributed by atoms with Crippen LogP contribution in [0.5, 0.6) is 0 Å². The molecule has 1 saturated heterocycles. The third kappa shape index (κ3) is 6.00. The minimum absolute atomic E-state index is 0.130. The van der Waals surface area contributed by atoms with Crippen LogP contribution in [0, 0.1) is 17.1 Å². The number of nitrogens with zero attached hydrogens (tertiary/aromatic N) is 4. The molecule has 2 aliphatic rings. The summed E-state index contributed by atoms with van der Waals surface area (Å²) in [6.45, 7) is 2.55. The summed E-state index contributed by atoms with van der Waals surface area (Å²) >= 11 is 6.44. The lowest BCUT2D eigenvalue weighted by molar-refractivity contribution is -0.126. The SMILES string of the molecule is C[C@H](C(=O)N[C@H](CO)c1cc(F)ccc1C#N)N1Cc2ccc(-c3nc(NC4CCOCC4)ncc3Cl)cc2C1=O. The average Bonchev–Trinajstić information content (AvgIpc) is 3.32. The van der Waals surface area contributed by atoms with Crippen LogP contribution in [0.2, 0.25) is 5.02 Å². The first-order chi connectivity index (χ1) is 19.8. The number of aromatic nitrogens is 2. The molecule has 212 valence electrons. The van der Waals surface area contributed by atoms with Crippen LogP contribution in [0.1, 0.15) is 52.9 Å². The third-order valence-electron chi connectivity index (χ3n) is 7.37. The number of ether oxygens (including phenoxy) is 1. The van der Waals surface area contributed by atoms with Crippen molar-refractivity contribution in [1.29, 1.82) is 5.26 Å². The van der Waals surface area contributed by atoms with Crippen molar-refractivity contribution < 1.29 is 23.8 Å². The fraction of sp³-hybridized carbons (Fsp3) is 0.345. The van der Waals surface area contributed by atoms with Crippen LogP contribution in [0.15, 0.2) is 42.6 Å². The second kappa shape index (κ2) is 12.2. The van der Waals surface area contributed by atoms with Crippen molar-refractivity contribution in [1.82, 2.24) is 20.2 Å². The van der Waals surface area contributed by atoms with Gasteiger partial charge in [0.05, 0.1) is 41.2 Å². The van der Waals surface area contributed by atoms with Crippen LogP contribution in [-0.2, 0) is 16.1 Å². The van der Waals surface area contributed by atoms with Gasteiger partial charge in [0.1, 0.15) is 11.9 Å². The van der Waals surface area contributed by atoms with Crippen LogP contribution in [0.4, 0.5) is 10.3 Å². The Kier molecular flexibility index (Phi) is 8.44. The number of hydrogen-bond acceptors (Lipinski definition) is 8. The lowest BCUT2D eigenvalue weighted by Crippen LogP contribution is -2.46. The molecular formula is C29H28ClFN6O4. The van der Waals surface area contributed by atoms with Crippen LogP contribution < -0.4 is 10.6 Å². The molecule has 0 unspecified atom stereocenters. The van der Waals surface area contributed by atoms with E-state index >= 15 is 0 Å². The maximum atomic E-state index is 13.9. The Labute approximate surface area is 241 Å². The monoisotopic (exact) mass is 578 g/mol. The van der Waals surface area contributed by atoms with Crippen LogP contribution in [-0.4, -0.2) is 63.7 Å². The second-order valence-electron chi connectivity index (χ2n) is 9.99. The Morgan fingerprint density at radius 3 is 2.80 bits per heavy atom. The molecule has 2 aliphatic heterocycles. The fourth-order valence-corrected chi connectivity index (χ4v) is 5.23. The number of anilines is 1. The molecule has 0 saturated carbocycles. The summed E-state index contributed by atoms with van der Waals surface area (Å²) in [5.74, 6) is -1.07. The molecule has 2 amide bonds. The topological polar surface area (TPSA) is 140 Å². The summed E-state index contributed by atoms with van der Waals surface area (Å²) in [4.78, 5) is 36.9. The lowest BCUT2D eigenvalue weighted by atomic mass is 10.0. The van der Waals surface area contributed by atoms with Crippen LogP contribution in [0.3, 0.4) is 0 Å². The van der Waals surface area contributed by atoms with E-state index in [9.17, 15) is 24.3 Å². The molecule has 3 heterocycles. The summed E-state index contributed by atoms with van der Waals surface area (Å²) in [6, 6.07) is 9.05. The van der Waals surface area contributed by atoms with Gasteiger partial charge in [0.15, 0.2) is 0 Å². The number of hydrogen-bond donors (Lipinski definition) is 3. The van der Waals surface area contributed by atoms with Crippen LogP contribution in [0.25, 0.3) is 11.3 Å². The zero-order chi connectivity index (χ0) is 29.1. The maximum absolute atomic E-state index is 13.9. The lowest BCUT2D eigenvalue weighted by Gasteiger charge is -2.26. The number of carbonyl (C=O) groups is 2. The number of fused-ring (bicyclic) bond motifs is 1. The van der Waals surface area contributed by atoms with E-state index in [1.165, 1.54) is 17.2 Å². The van der Waals surface area contributed by atoms with Gasteiger partial charge in [-0.15, -0.1) is 0 Å². The number of amides is 2. The highest BCUT2D eigenvalue weighted by Crippen LogP contribution is 2.32. The molecule has 12 heteroatoms. The maximum Gasteiger partial charge on any atom is 0.255 e. The highest BCUT2D eigenvalue weighted by atomic mass is 35.5. The Morgan fingerprint density at radius 2 is 2.07 bits per heavy atom. The number of carbonyl (C=O) groups excluding carboxylic acids is 2. The van der Waals surface area contributed by atoms with E-state index in [-0.39, 0.29) is 29.6 Å². The van der Waals surface area contributed by atoms with E-state index in [2.05, 4.69) is 20.6 Å². The van der Waals surface area contributed by atoms with E-state index in [4.69, 9.17) is 16.3 Å². The van der Waals surface area contributed by atoms with Gasteiger partial charge in [0.2, 0.25) is 11.9 Å². The standard InChI is InChI=1S/C29H28ClFN6O4/c1-16(27(39)35-25(15-38)22-11-20(31)5-4-18(22)12-32)37-14-19-3-2-17(10-23(19)28(37)40)26-24(30)13-33-29(36-26)34-21-6-8-41-9-7-21/h2-5,10-11,13,16,21,25,38H,6-9,14-15H2,1H3,(H,35,39)(H,33,34,36)/t16-,25-/m1/s1. The van der Waals surface area contributed by atoms with Crippen molar-refractivity contribution in [3.05, 3.63) is 75.7 Å². The van der Waals surface area contributed by atoms with Gasteiger partial charge in [-0.25, -0.2) is 14.4 Å². The smallest absolute Gasteiger partial charge is 0.255 e. The molecule has 1 aromatic heterocycles. The summed E-state index contributed by atoms with van der Waals surface area (Å²) in [5, 5.41) is 25.6. The van der Waals surface area contributed by atoms with Gasteiger partial charge in [-0.1, -0.05) is 23.7 Å². The first kappa shape index (κ1) is 28.4. The van der Waals surface area contributed by atoms with Gasteiger partial charge in [-0.3, -0.25) is 9.59 Å². The van der Waals surface area contributed by atoms with Crippen molar-refractivity contribution in [3.63, 3.8) is 0 Å². The number of aliphatic hydroxyl groups is 1. The molecular weight excluding hydrogens is 551 g/mol. The fourth-order valence-electron chi connectivity index (χ4n) is 5.03. The summed E-state index contributed by atoms with van der Waals surface area (Å²) in [7, 11) is 0. The summed E-state index contributed by atoms with van der Waals surface area (Å²) in [5.41, 5.74) is 2.55. The normalized spacial score (nSPS) is 16.6. The van der Waals surface area contributed by atoms with Crippen molar-refractivity contribution in [2.45, 2.75) is 44.4 Å². The second-order valence-corrected chi connectivity index (χ2v) is 10.4. The van der Waals surface area contributed by atoms with Gasteiger partial charge in [0.25, 0.3) is 5.91 Å². The number of nitriles is 1. The van der Waals surface area contributed by atoms with Crippen molar-refractivity contribution in [3.8, 4) is 17.3 Å². The van der Waals surface area contributed by atoms with Crippen molar-refractivity contribution in [2.24, 2.45) is 0 Å². The number of benzene rings is 2.